The van der Waals surface area contributed by atoms with Crippen LogP contribution in [0.1, 0.15) is 15.9 Å². The third-order valence-electron chi connectivity index (χ3n) is 2.87. The Morgan fingerprint density at radius 3 is 2.24 bits per heavy atom. The van der Waals surface area contributed by atoms with Gasteiger partial charge in [-0.05, 0) is 23.3 Å². The lowest BCUT2D eigenvalue weighted by atomic mass is 10.1. The summed E-state index contributed by atoms with van der Waals surface area (Å²) in [5.41, 5.74) is 1.78. The van der Waals surface area contributed by atoms with Gasteiger partial charge < -0.3 is 4.74 Å². The Hall–Kier alpha value is -2.95. The molecule has 2 aromatic rings. The van der Waals surface area contributed by atoms with Crippen molar-refractivity contribution in [1.82, 2.24) is 0 Å². The van der Waals surface area contributed by atoms with Crippen LogP contribution in [0.25, 0.3) is 5.57 Å². The molecule has 106 valence electrons. The van der Waals surface area contributed by atoms with E-state index in [1.54, 1.807) is 0 Å². The minimum absolute atomic E-state index is 0.0692. The Labute approximate surface area is 121 Å². The molecule has 5 heteroatoms. The molecule has 0 radical (unpaired) electrons. The third-order valence-corrected chi connectivity index (χ3v) is 2.87. The molecule has 0 aromatic heterocycles. The van der Waals surface area contributed by atoms with E-state index in [2.05, 4.69) is 6.58 Å². The molecule has 0 atom stereocenters. The first kappa shape index (κ1) is 14.5. The van der Waals surface area contributed by atoms with Crippen LogP contribution in [0.5, 0.6) is 0 Å². The summed E-state index contributed by atoms with van der Waals surface area (Å²) >= 11 is 0. The summed E-state index contributed by atoms with van der Waals surface area (Å²) in [6, 6.07) is 14.7. The lowest BCUT2D eigenvalue weighted by Crippen LogP contribution is -2.07. The number of benzene rings is 2. The van der Waals surface area contributed by atoms with Crippen LogP contribution in [-0.4, -0.2) is 17.5 Å². The fourth-order valence-corrected chi connectivity index (χ4v) is 1.71. The van der Waals surface area contributed by atoms with Crippen LogP contribution in [-0.2, 0) is 4.74 Å². The number of esters is 1. The number of nitro groups is 1. The summed E-state index contributed by atoms with van der Waals surface area (Å²) in [5, 5.41) is 10.5. The van der Waals surface area contributed by atoms with Crippen molar-refractivity contribution in [3.63, 3.8) is 0 Å². The van der Waals surface area contributed by atoms with Gasteiger partial charge in [0, 0.05) is 12.1 Å². The zero-order valence-corrected chi connectivity index (χ0v) is 11.2. The fraction of sp³-hybridized carbons (Fsp3) is 0.0625. The molecule has 2 aromatic carbocycles. The standard InChI is InChI=1S/C16H13NO4/c1-12(13-5-3-2-4-6-13)11-21-16(18)14-7-9-15(10-8-14)17(19)20/h2-10H,1,11H2. The van der Waals surface area contributed by atoms with Crippen molar-refractivity contribution in [2.24, 2.45) is 0 Å². The highest BCUT2D eigenvalue weighted by atomic mass is 16.6. The van der Waals surface area contributed by atoms with Gasteiger partial charge in [0.25, 0.3) is 5.69 Å². The molecule has 0 saturated carbocycles. The highest BCUT2D eigenvalue weighted by molar-refractivity contribution is 5.90. The lowest BCUT2D eigenvalue weighted by molar-refractivity contribution is -0.384. The number of carbonyl (C=O) groups excluding carboxylic acids is 1. The highest BCUT2D eigenvalue weighted by Crippen LogP contribution is 2.15. The van der Waals surface area contributed by atoms with Gasteiger partial charge in [0.05, 0.1) is 10.5 Å². The van der Waals surface area contributed by atoms with Crippen molar-refractivity contribution in [1.29, 1.82) is 0 Å². The molecule has 21 heavy (non-hydrogen) atoms. The first-order chi connectivity index (χ1) is 10.1. The number of nitrogens with zero attached hydrogens (tertiary/aromatic N) is 1. The van der Waals surface area contributed by atoms with Crippen LogP contribution in [0.3, 0.4) is 0 Å². The first-order valence-corrected chi connectivity index (χ1v) is 6.22. The maximum absolute atomic E-state index is 11.8. The number of hydrogen-bond donors (Lipinski definition) is 0. The smallest absolute Gasteiger partial charge is 0.338 e. The van der Waals surface area contributed by atoms with E-state index in [0.717, 1.165) is 5.56 Å². The summed E-state index contributed by atoms with van der Waals surface area (Å²) < 4.78 is 5.14. The van der Waals surface area contributed by atoms with Crippen molar-refractivity contribution in [3.8, 4) is 0 Å². The van der Waals surface area contributed by atoms with Crippen LogP contribution in [0, 0.1) is 10.1 Å². The second-order valence-corrected chi connectivity index (χ2v) is 4.35. The summed E-state index contributed by atoms with van der Waals surface area (Å²) in [6.07, 6.45) is 0. The van der Waals surface area contributed by atoms with E-state index < -0.39 is 10.9 Å². The van der Waals surface area contributed by atoms with Crippen LogP contribution in [0.15, 0.2) is 61.2 Å². The molecule has 0 saturated heterocycles. The van der Waals surface area contributed by atoms with Gasteiger partial charge in [-0.3, -0.25) is 10.1 Å². The van der Waals surface area contributed by atoms with Crippen molar-refractivity contribution < 1.29 is 14.5 Å². The molecule has 0 fully saturated rings. The average Bonchev–Trinajstić information content (AvgIpc) is 2.53. The van der Waals surface area contributed by atoms with Crippen LogP contribution in [0.4, 0.5) is 5.69 Å². The van der Waals surface area contributed by atoms with Crippen molar-refractivity contribution in [2.75, 3.05) is 6.61 Å². The molecule has 0 heterocycles. The Bertz CT molecular complexity index is 662. The van der Waals surface area contributed by atoms with E-state index in [9.17, 15) is 14.9 Å². The van der Waals surface area contributed by atoms with Crippen molar-refractivity contribution in [3.05, 3.63) is 82.4 Å². The predicted molar refractivity (Wildman–Crippen MR) is 78.9 cm³/mol. The SMILES string of the molecule is C=C(COC(=O)c1ccc([N+](=O)[O-])cc1)c1ccccc1. The molecule has 0 aliphatic carbocycles. The zero-order chi connectivity index (χ0) is 15.2. The van der Waals surface area contributed by atoms with E-state index in [1.165, 1.54) is 24.3 Å². The van der Waals surface area contributed by atoms with Gasteiger partial charge in [-0.2, -0.15) is 0 Å². The molecule has 0 aliphatic rings. The Kier molecular flexibility index (Phi) is 4.46. The Morgan fingerprint density at radius 2 is 1.67 bits per heavy atom. The maximum atomic E-state index is 11.8. The molecule has 0 amide bonds. The largest absolute Gasteiger partial charge is 0.457 e. The monoisotopic (exact) mass is 283 g/mol. The minimum Gasteiger partial charge on any atom is -0.457 e. The Morgan fingerprint density at radius 1 is 1.05 bits per heavy atom. The van der Waals surface area contributed by atoms with E-state index in [-0.39, 0.29) is 17.9 Å². The predicted octanol–water partition coefficient (Wildman–Crippen LogP) is 3.47. The Balaban J connectivity index is 1.96. The van der Waals surface area contributed by atoms with Gasteiger partial charge in [0.15, 0.2) is 0 Å². The van der Waals surface area contributed by atoms with Gasteiger partial charge >= 0.3 is 5.97 Å². The molecule has 0 bridgehead atoms. The minimum atomic E-state index is -0.540. The zero-order valence-electron chi connectivity index (χ0n) is 11.2. The third kappa shape index (κ3) is 3.76. The van der Waals surface area contributed by atoms with Gasteiger partial charge in [-0.25, -0.2) is 4.79 Å². The van der Waals surface area contributed by atoms with Crippen LogP contribution in [0.2, 0.25) is 0 Å². The molecule has 5 nitrogen and oxygen atoms in total. The molecular weight excluding hydrogens is 270 g/mol. The van der Waals surface area contributed by atoms with Gasteiger partial charge in [0.2, 0.25) is 0 Å². The average molecular weight is 283 g/mol. The van der Waals surface area contributed by atoms with Crippen LogP contribution >= 0.6 is 0 Å². The van der Waals surface area contributed by atoms with E-state index in [4.69, 9.17) is 4.74 Å². The van der Waals surface area contributed by atoms with E-state index in [1.807, 2.05) is 30.3 Å². The number of hydrogen-bond acceptors (Lipinski definition) is 4. The first-order valence-electron chi connectivity index (χ1n) is 6.22. The second kappa shape index (κ2) is 6.47. The summed E-state index contributed by atoms with van der Waals surface area (Å²) in [4.78, 5) is 21.8. The molecule has 2 rings (SSSR count). The van der Waals surface area contributed by atoms with Gasteiger partial charge in [0.1, 0.15) is 6.61 Å². The molecule has 0 N–H and O–H groups in total. The molecule has 0 spiro atoms. The summed E-state index contributed by atoms with van der Waals surface area (Å²) in [5.74, 6) is -0.540. The topological polar surface area (TPSA) is 69.4 Å². The van der Waals surface area contributed by atoms with E-state index >= 15 is 0 Å². The van der Waals surface area contributed by atoms with E-state index in [0.29, 0.717) is 5.57 Å². The fourth-order valence-electron chi connectivity index (χ4n) is 1.71. The molecular formula is C16H13NO4. The number of carbonyl (C=O) groups is 1. The maximum Gasteiger partial charge on any atom is 0.338 e. The normalized spacial score (nSPS) is 9.90. The summed E-state index contributed by atoms with van der Waals surface area (Å²) in [7, 11) is 0. The molecule has 0 unspecified atom stereocenters. The van der Waals surface area contributed by atoms with Crippen molar-refractivity contribution >= 4 is 17.2 Å². The van der Waals surface area contributed by atoms with Gasteiger partial charge in [-0.15, -0.1) is 0 Å². The second-order valence-electron chi connectivity index (χ2n) is 4.35. The number of nitro benzene ring substituents is 1. The number of rotatable bonds is 5. The summed E-state index contributed by atoms with van der Waals surface area (Å²) in [6.45, 7) is 3.93. The van der Waals surface area contributed by atoms with Crippen molar-refractivity contribution in [2.45, 2.75) is 0 Å². The quantitative estimate of drug-likeness (QED) is 0.478. The number of ether oxygens (including phenoxy) is 1. The van der Waals surface area contributed by atoms with Gasteiger partial charge in [-0.1, -0.05) is 36.9 Å². The lowest BCUT2D eigenvalue weighted by Gasteiger charge is -2.07. The number of non-ortho nitro benzene ring substituents is 1. The van der Waals surface area contributed by atoms with Crippen LogP contribution < -0.4 is 0 Å². The highest BCUT2D eigenvalue weighted by Gasteiger charge is 2.11. The molecule has 0 aliphatic heterocycles.